The van der Waals surface area contributed by atoms with Crippen LogP contribution in [0.1, 0.15) is 18.1 Å². The first-order chi connectivity index (χ1) is 20.1. The summed E-state index contributed by atoms with van der Waals surface area (Å²) in [5.41, 5.74) is 2.72. The molecule has 0 aliphatic carbocycles. The van der Waals surface area contributed by atoms with Crippen molar-refractivity contribution in [3.63, 3.8) is 0 Å². The van der Waals surface area contributed by atoms with Crippen molar-refractivity contribution >= 4 is 44.0 Å². The molecule has 9 nitrogen and oxygen atoms in total. The summed E-state index contributed by atoms with van der Waals surface area (Å²) in [7, 11) is -0.999. The summed E-state index contributed by atoms with van der Waals surface area (Å²) in [6.07, 6.45) is 0. The fraction of sp³-hybridized carbons (Fsp3) is 0.250. The number of likely N-dealkylation sites (N-methyl/N-ethyl adjacent to an activating group) is 1. The van der Waals surface area contributed by atoms with Crippen LogP contribution in [-0.4, -0.2) is 53.0 Å². The Balaban J connectivity index is 1.66. The number of methoxy groups -OCH3 is 1. The molecular weight excluding hydrogens is 552 g/mol. The van der Waals surface area contributed by atoms with Crippen LogP contribution in [0.3, 0.4) is 0 Å². The number of carbonyl (C=O) groups is 2. The minimum absolute atomic E-state index is 0.0394. The van der Waals surface area contributed by atoms with Crippen LogP contribution in [0.15, 0.2) is 89.8 Å². The third kappa shape index (κ3) is 5.43. The zero-order chi connectivity index (χ0) is 30.0. The van der Waals surface area contributed by atoms with E-state index < -0.39 is 33.9 Å². The van der Waals surface area contributed by atoms with Crippen LogP contribution in [0, 0.1) is 6.92 Å². The average molecular weight is 587 g/mol. The summed E-state index contributed by atoms with van der Waals surface area (Å²) >= 11 is 0. The maximum Gasteiger partial charge on any atom is 0.264 e. The number of sulfonamides is 1. The van der Waals surface area contributed by atoms with E-state index in [0.29, 0.717) is 17.1 Å². The molecule has 0 spiro atoms. The number of anilines is 2. The van der Waals surface area contributed by atoms with Gasteiger partial charge in [-0.3, -0.25) is 13.9 Å². The van der Waals surface area contributed by atoms with E-state index in [1.165, 1.54) is 23.5 Å². The number of hydrogen-bond acceptors (Lipinski definition) is 6. The molecule has 2 amide bonds. The van der Waals surface area contributed by atoms with Crippen LogP contribution in [0.4, 0.5) is 11.4 Å². The quantitative estimate of drug-likeness (QED) is 0.323. The molecule has 2 N–H and O–H groups in total. The normalized spacial score (nSPS) is 16.1. The van der Waals surface area contributed by atoms with Gasteiger partial charge in [0.25, 0.3) is 15.9 Å². The van der Waals surface area contributed by atoms with Crippen LogP contribution in [0.2, 0.25) is 0 Å². The molecule has 1 aliphatic heterocycles. The molecule has 2 unspecified atom stereocenters. The van der Waals surface area contributed by atoms with Gasteiger partial charge in [0.15, 0.2) is 0 Å². The van der Waals surface area contributed by atoms with Crippen molar-refractivity contribution in [2.45, 2.75) is 37.4 Å². The minimum atomic E-state index is -4.15. The van der Waals surface area contributed by atoms with Crippen molar-refractivity contribution in [3.8, 4) is 5.75 Å². The maximum atomic E-state index is 14.4. The Labute approximate surface area is 246 Å². The summed E-state index contributed by atoms with van der Waals surface area (Å²) in [5.74, 6) is -0.299. The number of ether oxygens (including phenoxy) is 1. The number of aryl methyl sites for hydroxylation is 1. The van der Waals surface area contributed by atoms with Gasteiger partial charge >= 0.3 is 0 Å². The fourth-order valence-corrected chi connectivity index (χ4v) is 6.66. The topological polar surface area (TPSA) is 108 Å². The number of fused-ring (bicyclic) bond motifs is 2. The zero-order valence-corrected chi connectivity index (χ0v) is 24.8. The van der Waals surface area contributed by atoms with Gasteiger partial charge < -0.3 is 20.3 Å². The second kappa shape index (κ2) is 11.8. The molecule has 0 saturated carbocycles. The lowest BCUT2D eigenvalue weighted by molar-refractivity contribution is -0.128. The predicted octanol–water partition coefficient (Wildman–Crippen LogP) is 3.99. The first kappa shape index (κ1) is 29.1. The van der Waals surface area contributed by atoms with Gasteiger partial charge in [-0.1, -0.05) is 48.5 Å². The van der Waals surface area contributed by atoms with Gasteiger partial charge in [0, 0.05) is 0 Å². The van der Waals surface area contributed by atoms with Gasteiger partial charge in [0.1, 0.15) is 11.8 Å². The Bertz CT molecular complexity index is 1740. The number of rotatable bonds is 8. The standard InChI is InChI=1S/C32H34N4O5S/c1-21-13-14-23-9-5-6-10-26(23)27(21)19-35-29-11-7-8-12-30(29)36(20-28(32(35)38)34-31(37)22(2)33-3)42(39,40)25-17-15-24(41-4)16-18-25/h5-18,22,28,33H,19-20H2,1-4H3,(H,34,37). The lowest BCUT2D eigenvalue weighted by Crippen LogP contribution is -2.55. The fourth-order valence-electron chi connectivity index (χ4n) is 5.17. The molecular formula is C32H34N4O5S. The van der Waals surface area contributed by atoms with Crippen LogP contribution in [0.25, 0.3) is 10.8 Å². The molecule has 0 bridgehead atoms. The highest BCUT2D eigenvalue weighted by Gasteiger charge is 2.40. The summed E-state index contributed by atoms with van der Waals surface area (Å²) in [5, 5.41) is 7.72. The minimum Gasteiger partial charge on any atom is -0.497 e. The monoisotopic (exact) mass is 586 g/mol. The molecule has 0 saturated heterocycles. The summed E-state index contributed by atoms with van der Waals surface area (Å²) in [6, 6.07) is 23.3. The molecule has 1 aliphatic rings. The number of nitrogens with zero attached hydrogens (tertiary/aromatic N) is 2. The van der Waals surface area contributed by atoms with Gasteiger partial charge in [0.05, 0.1) is 42.5 Å². The molecule has 10 heteroatoms. The van der Waals surface area contributed by atoms with Gasteiger partial charge in [-0.15, -0.1) is 0 Å². The summed E-state index contributed by atoms with van der Waals surface area (Å²) in [4.78, 5) is 29.0. The van der Waals surface area contributed by atoms with Crippen LogP contribution in [-0.2, 0) is 26.2 Å². The molecule has 0 fully saturated rings. The Morgan fingerprint density at radius 3 is 2.33 bits per heavy atom. The van der Waals surface area contributed by atoms with Crippen molar-refractivity contribution in [1.29, 1.82) is 0 Å². The van der Waals surface area contributed by atoms with Gasteiger partial charge in [-0.2, -0.15) is 0 Å². The van der Waals surface area contributed by atoms with Gasteiger partial charge in [0.2, 0.25) is 5.91 Å². The van der Waals surface area contributed by atoms with E-state index in [-0.39, 0.29) is 18.0 Å². The van der Waals surface area contributed by atoms with E-state index >= 15 is 0 Å². The number of carbonyl (C=O) groups excluding carboxylic acids is 2. The molecule has 1 heterocycles. The van der Waals surface area contributed by atoms with E-state index in [1.807, 2.05) is 43.3 Å². The number of hydrogen-bond donors (Lipinski definition) is 2. The molecule has 2 atom stereocenters. The number of amides is 2. The van der Waals surface area contributed by atoms with Crippen molar-refractivity contribution < 1.29 is 22.7 Å². The van der Waals surface area contributed by atoms with Crippen molar-refractivity contribution in [1.82, 2.24) is 10.6 Å². The highest BCUT2D eigenvalue weighted by Crippen LogP contribution is 2.38. The molecule has 42 heavy (non-hydrogen) atoms. The van der Waals surface area contributed by atoms with Crippen molar-refractivity contribution in [2.75, 3.05) is 29.9 Å². The van der Waals surface area contributed by atoms with Gasteiger partial charge in [-0.25, -0.2) is 8.42 Å². The van der Waals surface area contributed by atoms with E-state index in [0.717, 1.165) is 21.9 Å². The van der Waals surface area contributed by atoms with Crippen molar-refractivity contribution in [2.24, 2.45) is 0 Å². The highest BCUT2D eigenvalue weighted by molar-refractivity contribution is 7.92. The third-order valence-corrected chi connectivity index (χ3v) is 9.53. The van der Waals surface area contributed by atoms with E-state index in [2.05, 4.69) is 10.6 Å². The Morgan fingerprint density at radius 1 is 0.976 bits per heavy atom. The Kier molecular flexibility index (Phi) is 8.20. The molecule has 218 valence electrons. The van der Waals surface area contributed by atoms with Crippen molar-refractivity contribution in [3.05, 3.63) is 96.1 Å². The average Bonchev–Trinajstić information content (AvgIpc) is 3.12. The predicted molar refractivity (Wildman–Crippen MR) is 164 cm³/mol. The third-order valence-electron chi connectivity index (χ3n) is 7.73. The zero-order valence-electron chi connectivity index (χ0n) is 24.0. The first-order valence-electron chi connectivity index (χ1n) is 13.7. The number of nitrogens with one attached hydrogen (secondary N) is 2. The van der Waals surface area contributed by atoms with Crippen LogP contribution in [0.5, 0.6) is 5.75 Å². The summed E-state index contributed by atoms with van der Waals surface area (Å²) in [6.45, 7) is 3.57. The first-order valence-corrected chi connectivity index (χ1v) is 15.1. The van der Waals surface area contributed by atoms with E-state index in [9.17, 15) is 18.0 Å². The lowest BCUT2D eigenvalue weighted by atomic mass is 9.99. The highest BCUT2D eigenvalue weighted by atomic mass is 32.2. The molecule has 4 aromatic rings. The number of benzene rings is 4. The van der Waals surface area contributed by atoms with Crippen LogP contribution < -0.4 is 24.6 Å². The van der Waals surface area contributed by atoms with E-state index in [4.69, 9.17) is 4.74 Å². The molecule has 5 rings (SSSR count). The second-order valence-electron chi connectivity index (χ2n) is 10.3. The van der Waals surface area contributed by atoms with E-state index in [1.54, 1.807) is 55.3 Å². The Hall–Kier alpha value is -4.41. The van der Waals surface area contributed by atoms with Gasteiger partial charge in [-0.05, 0) is 79.2 Å². The molecule has 0 aromatic heterocycles. The Morgan fingerprint density at radius 2 is 1.64 bits per heavy atom. The smallest absolute Gasteiger partial charge is 0.264 e. The largest absolute Gasteiger partial charge is 0.497 e. The summed E-state index contributed by atoms with van der Waals surface area (Å²) < 4.78 is 34.7. The number of para-hydroxylation sites is 2. The SMILES string of the molecule is CNC(C)C(=O)NC1CN(S(=O)(=O)c2ccc(OC)cc2)c2ccccc2N(Cc2c(C)ccc3ccccc23)C1=O. The molecule has 0 radical (unpaired) electrons. The molecule has 4 aromatic carbocycles. The maximum absolute atomic E-state index is 14.4. The van der Waals surface area contributed by atoms with Crippen LogP contribution >= 0.6 is 0 Å². The second-order valence-corrected chi connectivity index (χ2v) is 12.1. The lowest BCUT2D eigenvalue weighted by Gasteiger charge is -2.27.